The quantitative estimate of drug-likeness (QED) is 0.600. The molecule has 62 valence electrons. The van der Waals surface area contributed by atoms with Gasteiger partial charge in [-0.05, 0) is 12.8 Å². The maximum absolute atomic E-state index is 5.21. The minimum Gasteiger partial charge on any atom is -0.381 e. The molecule has 3 heteroatoms. The predicted octanol–water partition coefficient (Wildman–Crippen LogP) is 0.905. The van der Waals surface area contributed by atoms with Crippen LogP contribution in [0.4, 0.5) is 0 Å². The Bertz CT molecular complexity index is 155. The fraction of sp³-hybridized carbons (Fsp3) is 0.875. The van der Waals surface area contributed by atoms with Crippen molar-refractivity contribution in [3.8, 4) is 0 Å². The van der Waals surface area contributed by atoms with E-state index in [-0.39, 0.29) is 0 Å². The van der Waals surface area contributed by atoms with Gasteiger partial charge < -0.3 is 10.2 Å². The monoisotopic (exact) mass is 154 g/mol. The van der Waals surface area contributed by atoms with Crippen molar-refractivity contribution in [2.75, 3.05) is 13.2 Å². The Kier molecular flexibility index (Phi) is 2.08. The second-order valence-corrected chi connectivity index (χ2v) is 3.19. The number of rotatable bonds is 2. The molecule has 3 nitrogen and oxygen atoms in total. The highest BCUT2D eigenvalue weighted by atomic mass is 16.5. The fourth-order valence-electron chi connectivity index (χ4n) is 1.11. The molecular formula is C8H14N2O. The van der Waals surface area contributed by atoms with Crippen LogP contribution in [-0.2, 0) is 4.74 Å². The first-order valence-electron chi connectivity index (χ1n) is 4.34. The Morgan fingerprint density at radius 2 is 2.00 bits per heavy atom. The molecule has 1 saturated carbocycles. The van der Waals surface area contributed by atoms with Gasteiger partial charge in [-0.2, -0.15) is 5.10 Å². The van der Waals surface area contributed by atoms with Gasteiger partial charge in [-0.15, -0.1) is 0 Å². The standard InChI is InChI=1S/C8H14N2O/c1-2-7(1)9-10-8-3-5-11-6-4-8/h7,9H,1-6H2. The van der Waals surface area contributed by atoms with E-state index in [1.54, 1.807) is 0 Å². The van der Waals surface area contributed by atoms with E-state index in [2.05, 4.69) is 10.5 Å². The Labute approximate surface area is 66.8 Å². The van der Waals surface area contributed by atoms with Crippen LogP contribution in [0.25, 0.3) is 0 Å². The van der Waals surface area contributed by atoms with Crippen molar-refractivity contribution in [2.24, 2.45) is 5.10 Å². The highest BCUT2D eigenvalue weighted by Crippen LogP contribution is 2.18. The molecule has 2 fully saturated rings. The summed E-state index contributed by atoms with van der Waals surface area (Å²) >= 11 is 0. The molecular weight excluding hydrogens is 140 g/mol. The van der Waals surface area contributed by atoms with Gasteiger partial charge in [-0.3, -0.25) is 0 Å². The summed E-state index contributed by atoms with van der Waals surface area (Å²) < 4.78 is 5.21. The largest absolute Gasteiger partial charge is 0.381 e. The van der Waals surface area contributed by atoms with E-state index in [9.17, 15) is 0 Å². The van der Waals surface area contributed by atoms with Gasteiger partial charge in [0.1, 0.15) is 0 Å². The van der Waals surface area contributed by atoms with Gasteiger partial charge in [0, 0.05) is 24.6 Å². The second-order valence-electron chi connectivity index (χ2n) is 3.19. The third-order valence-electron chi connectivity index (χ3n) is 2.05. The van der Waals surface area contributed by atoms with E-state index >= 15 is 0 Å². The zero-order chi connectivity index (χ0) is 7.52. The summed E-state index contributed by atoms with van der Waals surface area (Å²) in [6, 6.07) is 0.686. The average Bonchev–Trinajstić information content (AvgIpc) is 2.86. The zero-order valence-electron chi connectivity index (χ0n) is 6.68. The minimum atomic E-state index is 0.686. The molecule has 11 heavy (non-hydrogen) atoms. The Balaban J connectivity index is 1.75. The molecule has 1 aliphatic heterocycles. The SMILES string of the molecule is C1CC(=NNC2CC2)CCO1. The highest BCUT2D eigenvalue weighted by Gasteiger charge is 2.20. The molecule has 0 aromatic heterocycles. The number of nitrogens with zero attached hydrogens (tertiary/aromatic N) is 1. The van der Waals surface area contributed by atoms with Crippen LogP contribution in [0.3, 0.4) is 0 Å². The number of nitrogens with one attached hydrogen (secondary N) is 1. The summed E-state index contributed by atoms with van der Waals surface area (Å²) in [7, 11) is 0. The first kappa shape index (κ1) is 7.10. The van der Waals surface area contributed by atoms with Crippen molar-refractivity contribution in [3.05, 3.63) is 0 Å². The van der Waals surface area contributed by atoms with Crippen LogP contribution in [0.15, 0.2) is 5.10 Å². The van der Waals surface area contributed by atoms with Gasteiger partial charge in [0.05, 0.1) is 13.2 Å². The summed E-state index contributed by atoms with van der Waals surface area (Å²) in [5.74, 6) is 0. The van der Waals surface area contributed by atoms with Crippen LogP contribution in [0.2, 0.25) is 0 Å². The lowest BCUT2D eigenvalue weighted by Gasteiger charge is -2.13. The summed E-state index contributed by atoms with van der Waals surface area (Å²) in [6.07, 6.45) is 4.62. The summed E-state index contributed by atoms with van der Waals surface area (Å²) in [6.45, 7) is 1.70. The van der Waals surface area contributed by atoms with Gasteiger partial charge in [0.25, 0.3) is 0 Å². The fourth-order valence-corrected chi connectivity index (χ4v) is 1.11. The molecule has 0 radical (unpaired) electrons. The molecule has 0 aromatic rings. The third-order valence-corrected chi connectivity index (χ3v) is 2.05. The normalized spacial score (nSPS) is 24.9. The van der Waals surface area contributed by atoms with Crippen LogP contribution in [0.5, 0.6) is 0 Å². The Morgan fingerprint density at radius 1 is 1.27 bits per heavy atom. The molecule has 1 saturated heterocycles. The van der Waals surface area contributed by atoms with Gasteiger partial charge >= 0.3 is 0 Å². The molecule has 1 heterocycles. The maximum Gasteiger partial charge on any atom is 0.0519 e. The zero-order valence-corrected chi connectivity index (χ0v) is 6.68. The van der Waals surface area contributed by atoms with Crippen molar-refractivity contribution >= 4 is 5.71 Å². The molecule has 0 amide bonds. The number of hydrogen-bond donors (Lipinski definition) is 1. The topological polar surface area (TPSA) is 33.6 Å². The minimum absolute atomic E-state index is 0.686. The van der Waals surface area contributed by atoms with Crippen LogP contribution in [0.1, 0.15) is 25.7 Å². The third kappa shape index (κ3) is 2.19. The summed E-state index contributed by atoms with van der Waals surface area (Å²) in [4.78, 5) is 0. The van der Waals surface area contributed by atoms with E-state index in [4.69, 9.17) is 4.74 Å². The molecule has 2 aliphatic rings. The van der Waals surface area contributed by atoms with Crippen molar-refractivity contribution in [2.45, 2.75) is 31.7 Å². The van der Waals surface area contributed by atoms with Crippen molar-refractivity contribution < 1.29 is 4.74 Å². The maximum atomic E-state index is 5.21. The number of hydrazone groups is 1. The van der Waals surface area contributed by atoms with Crippen LogP contribution >= 0.6 is 0 Å². The van der Waals surface area contributed by atoms with Crippen LogP contribution in [0, 0.1) is 0 Å². The molecule has 2 rings (SSSR count). The van der Waals surface area contributed by atoms with Crippen LogP contribution in [-0.4, -0.2) is 25.0 Å². The molecule has 1 aliphatic carbocycles. The molecule has 0 aromatic carbocycles. The van der Waals surface area contributed by atoms with E-state index in [1.807, 2.05) is 0 Å². The van der Waals surface area contributed by atoms with Gasteiger partial charge in [0.15, 0.2) is 0 Å². The lowest BCUT2D eigenvalue weighted by atomic mass is 10.2. The average molecular weight is 154 g/mol. The first-order chi connectivity index (χ1) is 5.45. The molecule has 0 atom stereocenters. The van der Waals surface area contributed by atoms with Crippen molar-refractivity contribution in [1.82, 2.24) is 5.43 Å². The second kappa shape index (κ2) is 3.22. The van der Waals surface area contributed by atoms with Gasteiger partial charge in [-0.25, -0.2) is 0 Å². The van der Waals surface area contributed by atoms with Crippen molar-refractivity contribution in [1.29, 1.82) is 0 Å². The van der Waals surface area contributed by atoms with E-state index in [0.29, 0.717) is 6.04 Å². The summed E-state index contributed by atoms with van der Waals surface area (Å²) in [5, 5.41) is 4.33. The first-order valence-corrected chi connectivity index (χ1v) is 4.34. The molecule has 1 N–H and O–H groups in total. The molecule has 0 unspecified atom stereocenters. The van der Waals surface area contributed by atoms with Crippen LogP contribution < -0.4 is 5.43 Å². The van der Waals surface area contributed by atoms with Gasteiger partial charge in [0.2, 0.25) is 0 Å². The van der Waals surface area contributed by atoms with Gasteiger partial charge in [-0.1, -0.05) is 0 Å². The van der Waals surface area contributed by atoms with E-state index in [0.717, 1.165) is 26.1 Å². The van der Waals surface area contributed by atoms with Crippen molar-refractivity contribution in [3.63, 3.8) is 0 Å². The highest BCUT2D eigenvalue weighted by molar-refractivity contribution is 5.84. The van der Waals surface area contributed by atoms with E-state index in [1.165, 1.54) is 18.6 Å². The smallest absolute Gasteiger partial charge is 0.0519 e. The molecule has 0 bridgehead atoms. The molecule has 0 spiro atoms. The lowest BCUT2D eigenvalue weighted by molar-refractivity contribution is 0.134. The number of hydrogen-bond acceptors (Lipinski definition) is 3. The predicted molar refractivity (Wildman–Crippen MR) is 43.6 cm³/mol. The lowest BCUT2D eigenvalue weighted by Crippen LogP contribution is -2.19. The summed E-state index contributed by atoms with van der Waals surface area (Å²) in [5.41, 5.74) is 4.44. The Morgan fingerprint density at radius 3 is 2.64 bits per heavy atom. The van der Waals surface area contributed by atoms with E-state index < -0.39 is 0 Å². The Hall–Kier alpha value is -0.570. The number of ether oxygens (including phenoxy) is 1.